The molecule has 0 radical (unpaired) electrons. The lowest BCUT2D eigenvalue weighted by Crippen LogP contribution is -2.58. The third-order valence-corrected chi connectivity index (χ3v) is 13.4. The van der Waals surface area contributed by atoms with Crippen LogP contribution in [0.5, 0.6) is 0 Å². The van der Waals surface area contributed by atoms with Crippen molar-refractivity contribution in [1.82, 2.24) is 36.0 Å². The average molecular weight is 1010 g/mol. The average Bonchev–Trinajstić information content (AvgIpc) is 3.95. The first-order valence-electron chi connectivity index (χ1n) is 24.9. The van der Waals surface area contributed by atoms with Crippen LogP contribution in [-0.4, -0.2) is 167 Å². The molecule has 0 unspecified atom stereocenters. The van der Waals surface area contributed by atoms with Gasteiger partial charge in [0.15, 0.2) is 0 Å². The van der Waals surface area contributed by atoms with Crippen LogP contribution in [0.2, 0.25) is 0 Å². The number of carbonyl (C=O) groups is 10. The number of carbonyl (C=O) groups excluding carboxylic acids is 8. The van der Waals surface area contributed by atoms with Crippen molar-refractivity contribution >= 4 is 59.2 Å². The monoisotopic (exact) mass is 1010 g/mol. The number of carboxylic acid groups (broad SMARTS) is 2. The number of benzene rings is 1. The standard InChI is InChI=1S/C51H77N7O14/c1-9-32(4)46(56(6)43(62)28-31(2)3)39(71-7)30-44(63)57-26-15-19-38(57)47(72-8)33(5)48(66)55-37(29-34-16-11-10-12-17-34)50(68)53-35(20-23-45(64)65)49(67)54-36(51(69)70)18-13-14-25-52-40(59)24-27-58-41(60)21-22-42(58)61/h10-12,16-17,21-22,31-33,35-39,46-47H,9,13-15,18-20,23-30H2,1-8H3,(H,52,59)(H,53,68)(H,54,67)(H,55,66)(H,64,65)(H,69,70)/t32-,33+,35-,36-,37-,38-,39+,46-,47+/m0/s1. The number of carboxylic acids is 2. The maximum atomic E-state index is 14.3. The summed E-state index contributed by atoms with van der Waals surface area (Å²) in [7, 11) is 4.71. The summed E-state index contributed by atoms with van der Waals surface area (Å²) in [5.41, 5.74) is 0.643. The molecule has 0 spiro atoms. The van der Waals surface area contributed by atoms with Crippen LogP contribution in [0, 0.1) is 17.8 Å². The Morgan fingerprint density at radius 2 is 1.42 bits per heavy atom. The van der Waals surface area contributed by atoms with Gasteiger partial charge in [0.25, 0.3) is 11.8 Å². The molecule has 2 aliphatic heterocycles. The zero-order valence-electron chi connectivity index (χ0n) is 43.1. The van der Waals surface area contributed by atoms with Gasteiger partial charge in [-0.25, -0.2) is 4.79 Å². The predicted octanol–water partition coefficient (Wildman–Crippen LogP) is 2.20. The van der Waals surface area contributed by atoms with E-state index in [2.05, 4.69) is 21.3 Å². The van der Waals surface area contributed by atoms with Gasteiger partial charge in [0.1, 0.15) is 18.1 Å². The normalized spacial score (nSPS) is 17.8. The predicted molar refractivity (Wildman–Crippen MR) is 263 cm³/mol. The minimum absolute atomic E-state index is 0.0172. The number of methoxy groups -OCH3 is 2. The van der Waals surface area contributed by atoms with Gasteiger partial charge in [-0.3, -0.25) is 48.1 Å². The molecule has 2 heterocycles. The molecule has 0 bridgehead atoms. The van der Waals surface area contributed by atoms with Crippen molar-refractivity contribution in [3.05, 3.63) is 48.0 Å². The lowest BCUT2D eigenvalue weighted by atomic mass is 9.90. The molecule has 72 heavy (non-hydrogen) atoms. The maximum Gasteiger partial charge on any atom is 0.326 e. The molecule has 8 amide bonds. The van der Waals surface area contributed by atoms with Crippen molar-refractivity contribution in [2.24, 2.45) is 17.8 Å². The number of hydrogen-bond acceptors (Lipinski definition) is 12. The number of rotatable bonds is 32. The first kappa shape index (κ1) is 60.1. The van der Waals surface area contributed by atoms with E-state index in [9.17, 15) is 58.2 Å². The molecule has 1 fully saturated rings. The summed E-state index contributed by atoms with van der Waals surface area (Å²) in [5.74, 6) is -7.55. The summed E-state index contributed by atoms with van der Waals surface area (Å²) in [6.45, 7) is 10.1. The van der Waals surface area contributed by atoms with E-state index in [0.29, 0.717) is 37.8 Å². The third-order valence-electron chi connectivity index (χ3n) is 13.4. The van der Waals surface area contributed by atoms with Gasteiger partial charge in [0.2, 0.25) is 35.4 Å². The molecular formula is C51H77N7O14. The second-order valence-corrected chi connectivity index (χ2v) is 19.1. The highest BCUT2D eigenvalue weighted by atomic mass is 16.5. The second-order valence-electron chi connectivity index (χ2n) is 19.1. The van der Waals surface area contributed by atoms with E-state index in [1.165, 1.54) is 14.2 Å². The number of likely N-dealkylation sites (N-methyl/N-ethyl adjacent to an activating group) is 1. The molecule has 0 aliphatic carbocycles. The fourth-order valence-corrected chi connectivity index (χ4v) is 9.17. The summed E-state index contributed by atoms with van der Waals surface area (Å²) in [5, 5.41) is 29.9. The summed E-state index contributed by atoms with van der Waals surface area (Å²) < 4.78 is 11.9. The number of unbranched alkanes of at least 4 members (excludes halogenated alkanes) is 1. The number of imide groups is 1. The van der Waals surface area contributed by atoms with Crippen molar-refractivity contribution in [2.45, 2.75) is 154 Å². The van der Waals surface area contributed by atoms with Crippen LogP contribution in [0.3, 0.4) is 0 Å². The first-order valence-corrected chi connectivity index (χ1v) is 24.9. The van der Waals surface area contributed by atoms with Gasteiger partial charge in [-0.05, 0) is 55.9 Å². The zero-order valence-corrected chi connectivity index (χ0v) is 43.1. The minimum atomic E-state index is -1.53. The van der Waals surface area contributed by atoms with Crippen molar-refractivity contribution < 1.29 is 67.6 Å². The lowest BCUT2D eigenvalue weighted by molar-refractivity contribution is -0.146. The van der Waals surface area contributed by atoms with Crippen LogP contribution in [0.25, 0.3) is 0 Å². The number of nitrogens with zero attached hydrogens (tertiary/aromatic N) is 3. The smallest absolute Gasteiger partial charge is 0.326 e. The fraction of sp³-hybridized carbons (Fsp3) is 0.647. The number of aliphatic carboxylic acids is 2. The molecule has 0 aromatic heterocycles. The topological polar surface area (TPSA) is 287 Å². The van der Waals surface area contributed by atoms with Gasteiger partial charge in [0.05, 0.1) is 36.6 Å². The molecular weight excluding hydrogens is 935 g/mol. The number of ether oxygens (including phenoxy) is 2. The third kappa shape index (κ3) is 18.4. The van der Waals surface area contributed by atoms with Gasteiger partial charge in [0, 0.05) is 78.7 Å². The number of nitrogens with one attached hydrogen (secondary N) is 4. The molecule has 2 aliphatic rings. The van der Waals surface area contributed by atoms with Gasteiger partial charge >= 0.3 is 11.9 Å². The molecule has 9 atom stereocenters. The van der Waals surface area contributed by atoms with E-state index < -0.39 is 103 Å². The van der Waals surface area contributed by atoms with Crippen LogP contribution in [0.1, 0.15) is 111 Å². The summed E-state index contributed by atoms with van der Waals surface area (Å²) in [6, 6.07) is 3.53. The van der Waals surface area contributed by atoms with E-state index in [1.807, 2.05) is 27.7 Å². The van der Waals surface area contributed by atoms with Crippen molar-refractivity contribution in [2.75, 3.05) is 40.9 Å². The van der Waals surface area contributed by atoms with Crippen molar-refractivity contribution in [3.8, 4) is 0 Å². The van der Waals surface area contributed by atoms with E-state index >= 15 is 0 Å². The quantitative estimate of drug-likeness (QED) is 0.0446. The molecule has 1 saturated heterocycles. The van der Waals surface area contributed by atoms with Crippen LogP contribution >= 0.6 is 0 Å². The Balaban J connectivity index is 1.73. The highest BCUT2D eigenvalue weighted by molar-refractivity contribution is 6.13. The Labute approximate surface area is 422 Å². The Kier molecular flexibility index (Phi) is 25.0. The molecule has 3 rings (SSSR count). The molecule has 0 saturated carbocycles. The highest BCUT2D eigenvalue weighted by Crippen LogP contribution is 2.30. The second kappa shape index (κ2) is 30.0. The van der Waals surface area contributed by atoms with Gasteiger partial charge in [-0.2, -0.15) is 0 Å². The van der Waals surface area contributed by atoms with E-state index in [0.717, 1.165) is 23.5 Å². The molecule has 6 N–H and O–H groups in total. The van der Waals surface area contributed by atoms with Gasteiger partial charge in [-0.15, -0.1) is 0 Å². The van der Waals surface area contributed by atoms with E-state index in [1.54, 1.807) is 54.1 Å². The van der Waals surface area contributed by atoms with Crippen LogP contribution in [0.15, 0.2) is 42.5 Å². The van der Waals surface area contributed by atoms with Crippen molar-refractivity contribution in [1.29, 1.82) is 0 Å². The zero-order chi connectivity index (χ0) is 53.7. The minimum Gasteiger partial charge on any atom is -0.481 e. The molecule has 1 aromatic carbocycles. The van der Waals surface area contributed by atoms with Gasteiger partial charge < -0.3 is 50.8 Å². The van der Waals surface area contributed by atoms with Gasteiger partial charge in [-0.1, -0.05) is 71.4 Å². The summed E-state index contributed by atoms with van der Waals surface area (Å²) in [6.07, 6.45) is 2.31. The number of amides is 8. The Bertz CT molecular complexity index is 2050. The summed E-state index contributed by atoms with van der Waals surface area (Å²) in [4.78, 5) is 134. The largest absolute Gasteiger partial charge is 0.481 e. The van der Waals surface area contributed by atoms with E-state index in [4.69, 9.17) is 9.47 Å². The molecule has 400 valence electrons. The highest BCUT2D eigenvalue weighted by Gasteiger charge is 2.43. The van der Waals surface area contributed by atoms with Crippen LogP contribution in [0.4, 0.5) is 0 Å². The fourth-order valence-electron chi connectivity index (χ4n) is 9.17. The molecule has 21 heteroatoms. The number of likely N-dealkylation sites (tertiary alicyclic amines) is 1. The van der Waals surface area contributed by atoms with Crippen LogP contribution in [-0.2, 0) is 63.8 Å². The van der Waals surface area contributed by atoms with Crippen molar-refractivity contribution in [3.63, 3.8) is 0 Å². The Morgan fingerprint density at radius 1 is 0.792 bits per heavy atom. The maximum absolute atomic E-state index is 14.3. The number of hydrogen-bond donors (Lipinski definition) is 6. The lowest BCUT2D eigenvalue weighted by Gasteiger charge is -2.39. The Morgan fingerprint density at radius 3 is 2.00 bits per heavy atom. The molecule has 21 nitrogen and oxygen atoms in total. The Hall–Kier alpha value is -6.22. The first-order chi connectivity index (χ1) is 34.1. The van der Waals surface area contributed by atoms with Crippen LogP contribution < -0.4 is 21.3 Å². The summed E-state index contributed by atoms with van der Waals surface area (Å²) >= 11 is 0. The van der Waals surface area contributed by atoms with E-state index in [-0.39, 0.29) is 74.9 Å². The molecule has 1 aromatic rings. The SMILES string of the molecule is CC[C@H](C)[C@@H]([C@@H](CC(=O)N1CCC[C@H]1[C@H](OC)[C@@H](C)C(=O)N[C@@H](Cc1ccccc1)C(=O)N[C@@H](CCC(=O)O)C(=O)N[C@@H](CCCCNC(=O)CCN1C(=O)C=CC1=O)C(=O)O)OC)N(C)C(=O)CC(C)C.